The topological polar surface area (TPSA) is 83.8 Å². The van der Waals surface area contributed by atoms with E-state index in [4.69, 9.17) is 11.6 Å². The molecule has 6 nitrogen and oxygen atoms in total. The molecule has 3 heterocycles. The molecular formula is C25H20ClF4N5O. The van der Waals surface area contributed by atoms with Gasteiger partial charge in [0.15, 0.2) is 11.6 Å². The molecule has 4 aromatic rings. The van der Waals surface area contributed by atoms with Crippen molar-refractivity contribution in [2.75, 3.05) is 5.32 Å². The van der Waals surface area contributed by atoms with Gasteiger partial charge in [-0.15, -0.1) is 0 Å². The van der Waals surface area contributed by atoms with Gasteiger partial charge in [-0.05, 0) is 31.5 Å². The van der Waals surface area contributed by atoms with E-state index < -0.39 is 29.7 Å². The fourth-order valence-electron chi connectivity index (χ4n) is 3.53. The van der Waals surface area contributed by atoms with Gasteiger partial charge >= 0.3 is 0 Å². The summed E-state index contributed by atoms with van der Waals surface area (Å²) < 4.78 is 57.7. The summed E-state index contributed by atoms with van der Waals surface area (Å²) in [6.45, 7) is 6.57. The van der Waals surface area contributed by atoms with E-state index in [2.05, 4.69) is 31.8 Å². The number of benzene rings is 1. The maximum atomic E-state index is 14.9. The average molecular weight is 518 g/mol. The molecule has 2 N–H and O–H groups in total. The molecule has 36 heavy (non-hydrogen) atoms. The second-order valence-corrected chi connectivity index (χ2v) is 8.87. The van der Waals surface area contributed by atoms with Crippen LogP contribution in [-0.4, -0.2) is 31.5 Å². The Balaban J connectivity index is 1.84. The van der Waals surface area contributed by atoms with Crippen LogP contribution in [0.1, 0.15) is 36.8 Å². The van der Waals surface area contributed by atoms with Gasteiger partial charge in [-0.2, -0.15) is 0 Å². The highest BCUT2D eigenvalue weighted by Gasteiger charge is 2.28. The lowest BCUT2D eigenvalue weighted by molar-refractivity contribution is 0.0687. The number of anilines is 1. The molecule has 1 atom stereocenters. The number of fused-ring (bicyclic) bond motifs is 1. The van der Waals surface area contributed by atoms with E-state index in [1.807, 2.05) is 0 Å². The van der Waals surface area contributed by atoms with Gasteiger partial charge in [0.2, 0.25) is 0 Å². The summed E-state index contributed by atoms with van der Waals surface area (Å²) in [6.07, 6.45) is 2.08. The minimum Gasteiger partial charge on any atom is -0.382 e. The van der Waals surface area contributed by atoms with E-state index in [0.717, 1.165) is 18.3 Å². The predicted molar refractivity (Wildman–Crippen MR) is 130 cm³/mol. The molecule has 1 aromatic carbocycles. The van der Waals surface area contributed by atoms with Gasteiger partial charge in [0.25, 0.3) is 6.43 Å². The SMILES string of the molecule is C=Cc1ccc(F)c(C(Nc2c(Cl)cnc3cc(F)c(-c4cnc(C(C)(C)O)nc4)nc23)C(F)F)c1. The summed E-state index contributed by atoms with van der Waals surface area (Å²) >= 11 is 6.28. The van der Waals surface area contributed by atoms with Gasteiger partial charge in [0, 0.05) is 35.8 Å². The zero-order chi connectivity index (χ0) is 26.2. The van der Waals surface area contributed by atoms with Gasteiger partial charge < -0.3 is 10.4 Å². The number of hydrogen-bond donors (Lipinski definition) is 2. The molecule has 11 heteroatoms. The third-order valence-corrected chi connectivity index (χ3v) is 5.65. The molecule has 0 spiro atoms. The number of halogens is 5. The van der Waals surface area contributed by atoms with E-state index in [1.165, 1.54) is 44.4 Å². The van der Waals surface area contributed by atoms with Gasteiger partial charge in [0.05, 0.1) is 16.2 Å². The number of alkyl halides is 2. The lowest BCUT2D eigenvalue weighted by atomic mass is 10.0. The molecule has 3 aromatic heterocycles. The number of rotatable bonds is 7. The zero-order valence-corrected chi connectivity index (χ0v) is 19.9. The number of nitrogens with one attached hydrogen (secondary N) is 1. The Morgan fingerprint density at radius 3 is 2.36 bits per heavy atom. The summed E-state index contributed by atoms with van der Waals surface area (Å²) in [5, 5.41) is 12.6. The molecule has 186 valence electrons. The highest BCUT2D eigenvalue weighted by atomic mass is 35.5. The number of nitrogens with zero attached hydrogens (tertiary/aromatic N) is 4. The summed E-state index contributed by atoms with van der Waals surface area (Å²) in [6, 6.07) is 2.99. The van der Waals surface area contributed by atoms with E-state index >= 15 is 0 Å². The van der Waals surface area contributed by atoms with Gasteiger partial charge in [-0.1, -0.05) is 30.3 Å². The van der Waals surface area contributed by atoms with E-state index in [1.54, 1.807) is 0 Å². The molecule has 0 amide bonds. The molecule has 0 aliphatic rings. The number of aromatic nitrogens is 4. The van der Waals surface area contributed by atoms with Crippen molar-refractivity contribution < 1.29 is 22.7 Å². The molecule has 0 saturated heterocycles. The van der Waals surface area contributed by atoms with Crippen molar-refractivity contribution in [3.63, 3.8) is 0 Å². The standard InChI is InChI=1S/C25H20ClF4N5O/c1-4-12-5-6-16(27)14(7-12)20(23(29)30)35-21-15(26)11-31-18-8-17(28)19(34-22(18)21)13-9-32-24(33-10-13)25(2,3)36/h4-11,20,23,36H,1H2,2-3H3,(H,31,35). The predicted octanol–water partition coefficient (Wildman–Crippen LogP) is 6.31. The summed E-state index contributed by atoms with van der Waals surface area (Å²) in [5.74, 6) is -1.50. The van der Waals surface area contributed by atoms with E-state index in [-0.39, 0.29) is 44.4 Å². The summed E-state index contributed by atoms with van der Waals surface area (Å²) in [7, 11) is 0. The van der Waals surface area contributed by atoms with Crippen LogP contribution >= 0.6 is 11.6 Å². The van der Waals surface area contributed by atoms with Gasteiger partial charge in [-0.3, -0.25) is 4.98 Å². The molecule has 0 aliphatic heterocycles. The number of hydrogen-bond acceptors (Lipinski definition) is 6. The first-order chi connectivity index (χ1) is 17.0. The maximum Gasteiger partial charge on any atom is 0.262 e. The number of pyridine rings is 2. The molecular weight excluding hydrogens is 498 g/mol. The van der Waals surface area contributed by atoms with Crippen LogP contribution in [0.5, 0.6) is 0 Å². The van der Waals surface area contributed by atoms with Crippen LogP contribution in [0.4, 0.5) is 23.2 Å². The Kier molecular flexibility index (Phi) is 6.92. The van der Waals surface area contributed by atoms with E-state index in [0.29, 0.717) is 5.56 Å². The Bertz CT molecular complexity index is 1440. The highest BCUT2D eigenvalue weighted by Crippen LogP contribution is 2.36. The molecule has 0 fully saturated rings. The fourth-order valence-corrected chi connectivity index (χ4v) is 3.72. The lowest BCUT2D eigenvalue weighted by Crippen LogP contribution is -2.21. The van der Waals surface area contributed by atoms with Crippen LogP contribution in [0.3, 0.4) is 0 Å². The van der Waals surface area contributed by atoms with Crippen molar-refractivity contribution in [3.8, 4) is 11.3 Å². The molecule has 0 saturated carbocycles. The molecule has 1 unspecified atom stereocenters. The van der Waals surface area contributed by atoms with Crippen LogP contribution in [0.25, 0.3) is 28.4 Å². The first-order valence-corrected chi connectivity index (χ1v) is 11.0. The third-order valence-electron chi connectivity index (χ3n) is 5.36. The van der Waals surface area contributed by atoms with Gasteiger partial charge in [0.1, 0.15) is 28.7 Å². The van der Waals surface area contributed by atoms with Crippen molar-refractivity contribution in [1.29, 1.82) is 0 Å². The van der Waals surface area contributed by atoms with Crippen LogP contribution in [0.15, 0.2) is 49.4 Å². The van der Waals surface area contributed by atoms with Gasteiger partial charge in [-0.25, -0.2) is 32.5 Å². The normalized spacial score (nSPS) is 12.7. The monoisotopic (exact) mass is 517 g/mol. The quantitative estimate of drug-likeness (QED) is 0.280. The summed E-state index contributed by atoms with van der Waals surface area (Å²) in [4.78, 5) is 16.4. The Morgan fingerprint density at radius 2 is 1.75 bits per heavy atom. The minimum absolute atomic E-state index is 0.0172. The van der Waals surface area contributed by atoms with Crippen molar-refractivity contribution in [2.45, 2.75) is 31.9 Å². The van der Waals surface area contributed by atoms with Crippen molar-refractivity contribution in [1.82, 2.24) is 19.9 Å². The molecule has 0 radical (unpaired) electrons. The van der Waals surface area contributed by atoms with Crippen LogP contribution < -0.4 is 5.32 Å². The van der Waals surface area contributed by atoms with Crippen LogP contribution in [0.2, 0.25) is 5.02 Å². The Labute approximate surface area is 208 Å². The Hall–Kier alpha value is -3.63. The fraction of sp³-hybridized carbons (Fsp3) is 0.200. The highest BCUT2D eigenvalue weighted by molar-refractivity contribution is 6.34. The summed E-state index contributed by atoms with van der Waals surface area (Å²) in [5.41, 5.74) is -1.26. The largest absolute Gasteiger partial charge is 0.382 e. The van der Waals surface area contributed by atoms with E-state index in [9.17, 15) is 22.7 Å². The second kappa shape index (κ2) is 9.79. The molecule has 4 rings (SSSR count). The second-order valence-electron chi connectivity index (χ2n) is 8.46. The first kappa shape index (κ1) is 25.5. The van der Waals surface area contributed by atoms with Crippen molar-refractivity contribution in [2.24, 2.45) is 0 Å². The van der Waals surface area contributed by atoms with Crippen LogP contribution in [-0.2, 0) is 5.60 Å². The average Bonchev–Trinajstić information content (AvgIpc) is 2.83. The molecule has 0 aliphatic carbocycles. The first-order valence-electron chi connectivity index (χ1n) is 10.7. The smallest absolute Gasteiger partial charge is 0.262 e. The number of aliphatic hydroxyl groups is 1. The Morgan fingerprint density at radius 1 is 1.06 bits per heavy atom. The zero-order valence-electron chi connectivity index (χ0n) is 19.1. The minimum atomic E-state index is -3.04. The van der Waals surface area contributed by atoms with Crippen molar-refractivity contribution >= 4 is 34.4 Å². The third kappa shape index (κ3) is 5.00. The lowest BCUT2D eigenvalue weighted by Gasteiger charge is -2.22. The van der Waals surface area contributed by atoms with Crippen LogP contribution in [0, 0.1) is 11.6 Å². The molecule has 0 bridgehead atoms. The maximum absolute atomic E-state index is 14.9. The van der Waals surface area contributed by atoms with Crippen molar-refractivity contribution in [3.05, 3.63) is 83.0 Å².